The highest BCUT2D eigenvalue weighted by Gasteiger charge is 2.24. The molecule has 234 valence electrons. The smallest absolute Gasteiger partial charge is 0.305 e. The molecule has 0 aliphatic carbocycles. The van der Waals surface area contributed by atoms with E-state index in [9.17, 15) is 14.4 Å². The Bertz CT molecular complexity index is 1110. The summed E-state index contributed by atoms with van der Waals surface area (Å²) in [5.41, 5.74) is 2.00. The molecule has 0 saturated heterocycles. The number of esters is 1. The van der Waals surface area contributed by atoms with Gasteiger partial charge in [-0.1, -0.05) is 54.6 Å². The van der Waals surface area contributed by atoms with E-state index in [0.29, 0.717) is 32.3 Å². The summed E-state index contributed by atoms with van der Waals surface area (Å²) < 4.78 is 16.6. The summed E-state index contributed by atoms with van der Waals surface area (Å²) in [6.07, 6.45) is 6.82. The van der Waals surface area contributed by atoms with Gasteiger partial charge >= 0.3 is 5.97 Å². The van der Waals surface area contributed by atoms with E-state index in [1.54, 1.807) is 6.08 Å². The zero-order valence-corrected chi connectivity index (χ0v) is 25.0. The standard InChI is InChI=1S/C34H46N2O7/c1-3-5-6-10-14-33(39)43-26-30(23-27-15-17-31(18-16-27)42-25-28-12-8-7-9-13-28)36-34(40)29(11-4-2)24-32(38)35-19-21-41-22-20-37/h3-4,7-9,12-13,15-18,29-30,37H,1-2,5-6,10-11,14,19-26H2,(H,35,38)(H,36,40)/t29-,30+/m1/s1. The number of hydrogen-bond acceptors (Lipinski definition) is 7. The minimum atomic E-state index is -0.637. The zero-order chi connectivity index (χ0) is 31.1. The van der Waals surface area contributed by atoms with Crippen LogP contribution in [0.1, 0.15) is 49.7 Å². The first-order valence-corrected chi connectivity index (χ1v) is 14.8. The van der Waals surface area contributed by atoms with E-state index in [4.69, 9.17) is 19.3 Å². The summed E-state index contributed by atoms with van der Waals surface area (Å²) >= 11 is 0. The van der Waals surface area contributed by atoms with Crippen LogP contribution in [-0.4, -0.2) is 61.9 Å². The van der Waals surface area contributed by atoms with Gasteiger partial charge in [-0.3, -0.25) is 14.4 Å². The highest BCUT2D eigenvalue weighted by molar-refractivity contribution is 5.86. The molecule has 0 unspecified atom stereocenters. The highest BCUT2D eigenvalue weighted by atomic mass is 16.5. The van der Waals surface area contributed by atoms with Crippen molar-refractivity contribution in [1.29, 1.82) is 0 Å². The number of unbranched alkanes of at least 4 members (excludes halogenated alkanes) is 2. The Morgan fingerprint density at radius 1 is 0.930 bits per heavy atom. The molecule has 0 saturated carbocycles. The highest BCUT2D eigenvalue weighted by Crippen LogP contribution is 2.17. The summed E-state index contributed by atoms with van der Waals surface area (Å²) in [5.74, 6) is -0.845. The van der Waals surface area contributed by atoms with Crippen LogP contribution in [0.4, 0.5) is 0 Å². The van der Waals surface area contributed by atoms with Crippen molar-refractivity contribution in [3.8, 4) is 5.75 Å². The third-order valence-electron chi connectivity index (χ3n) is 6.54. The molecule has 0 aromatic heterocycles. The van der Waals surface area contributed by atoms with Crippen LogP contribution in [0.3, 0.4) is 0 Å². The lowest BCUT2D eigenvalue weighted by Crippen LogP contribution is -2.44. The van der Waals surface area contributed by atoms with E-state index in [2.05, 4.69) is 23.8 Å². The van der Waals surface area contributed by atoms with Crippen LogP contribution in [0, 0.1) is 5.92 Å². The predicted molar refractivity (Wildman–Crippen MR) is 166 cm³/mol. The second-order valence-electron chi connectivity index (χ2n) is 10.2. The number of ether oxygens (including phenoxy) is 3. The van der Waals surface area contributed by atoms with E-state index in [1.165, 1.54) is 0 Å². The Labute approximate surface area is 255 Å². The maximum atomic E-state index is 13.3. The van der Waals surface area contributed by atoms with Gasteiger partial charge in [0.25, 0.3) is 0 Å². The van der Waals surface area contributed by atoms with Crippen LogP contribution in [0.15, 0.2) is 79.9 Å². The summed E-state index contributed by atoms with van der Waals surface area (Å²) in [6.45, 7) is 8.54. The SMILES string of the molecule is C=CCCCCC(=O)OC[C@H](Cc1ccc(OCc2ccccc2)cc1)NC(=O)[C@H](CC=C)CC(=O)NCCOCCO. The van der Waals surface area contributed by atoms with E-state index >= 15 is 0 Å². The molecular formula is C34H46N2O7. The number of aliphatic hydroxyl groups excluding tert-OH is 1. The normalized spacial score (nSPS) is 12.0. The van der Waals surface area contributed by atoms with Gasteiger partial charge in [-0.05, 0) is 55.4 Å². The van der Waals surface area contributed by atoms with Gasteiger partial charge < -0.3 is 30.0 Å². The van der Waals surface area contributed by atoms with Gasteiger partial charge in [0.2, 0.25) is 11.8 Å². The quantitative estimate of drug-likeness (QED) is 0.0997. The van der Waals surface area contributed by atoms with Gasteiger partial charge in [0, 0.05) is 19.4 Å². The number of nitrogens with one attached hydrogen (secondary N) is 2. The lowest BCUT2D eigenvalue weighted by Gasteiger charge is -2.22. The van der Waals surface area contributed by atoms with Gasteiger partial charge in [-0.2, -0.15) is 0 Å². The number of rotatable bonds is 23. The number of benzene rings is 2. The van der Waals surface area contributed by atoms with Gasteiger partial charge in [0.1, 0.15) is 19.0 Å². The van der Waals surface area contributed by atoms with Gasteiger partial charge in [-0.15, -0.1) is 13.2 Å². The predicted octanol–water partition coefficient (Wildman–Crippen LogP) is 4.29. The molecule has 2 aromatic carbocycles. The van der Waals surface area contributed by atoms with Gasteiger partial charge in [0.15, 0.2) is 0 Å². The molecule has 0 bridgehead atoms. The Morgan fingerprint density at radius 2 is 1.70 bits per heavy atom. The fourth-order valence-corrected chi connectivity index (χ4v) is 4.25. The van der Waals surface area contributed by atoms with Crippen LogP contribution < -0.4 is 15.4 Å². The van der Waals surface area contributed by atoms with Crippen LogP contribution in [0.25, 0.3) is 0 Å². The molecule has 0 aliphatic heterocycles. The molecule has 0 spiro atoms. The van der Waals surface area contributed by atoms with Crippen LogP contribution in [0.5, 0.6) is 5.75 Å². The zero-order valence-electron chi connectivity index (χ0n) is 25.0. The molecule has 3 N–H and O–H groups in total. The molecule has 2 amide bonds. The monoisotopic (exact) mass is 594 g/mol. The number of carbonyl (C=O) groups excluding carboxylic acids is 3. The Morgan fingerprint density at radius 3 is 2.40 bits per heavy atom. The molecule has 43 heavy (non-hydrogen) atoms. The molecule has 9 nitrogen and oxygen atoms in total. The van der Waals surface area contributed by atoms with E-state index in [0.717, 1.165) is 29.7 Å². The van der Waals surface area contributed by atoms with Gasteiger partial charge in [0.05, 0.1) is 31.8 Å². The van der Waals surface area contributed by atoms with Crippen LogP contribution >= 0.6 is 0 Å². The van der Waals surface area contributed by atoms with Crippen molar-refractivity contribution in [3.63, 3.8) is 0 Å². The topological polar surface area (TPSA) is 123 Å². The largest absolute Gasteiger partial charge is 0.489 e. The van der Waals surface area contributed by atoms with Crippen molar-refractivity contribution in [3.05, 3.63) is 91.0 Å². The molecule has 0 fully saturated rings. The van der Waals surface area contributed by atoms with Crippen LogP contribution in [-0.2, 0) is 36.9 Å². The van der Waals surface area contributed by atoms with Crippen molar-refractivity contribution < 1.29 is 33.7 Å². The lowest BCUT2D eigenvalue weighted by molar-refractivity contribution is -0.145. The third-order valence-corrected chi connectivity index (χ3v) is 6.54. The number of hydrogen-bond donors (Lipinski definition) is 3. The molecule has 9 heteroatoms. The molecular weight excluding hydrogens is 548 g/mol. The second kappa shape index (κ2) is 21.7. The number of aliphatic hydroxyl groups is 1. The Balaban J connectivity index is 2.00. The number of allylic oxidation sites excluding steroid dienone is 2. The Kier molecular flexibility index (Phi) is 17.8. The van der Waals surface area contributed by atoms with Crippen molar-refractivity contribution in [2.24, 2.45) is 5.92 Å². The molecule has 0 aliphatic rings. The summed E-state index contributed by atoms with van der Waals surface area (Å²) in [5, 5.41) is 14.5. The van der Waals surface area contributed by atoms with E-state index in [1.807, 2.05) is 60.7 Å². The molecule has 2 aromatic rings. The van der Waals surface area contributed by atoms with E-state index < -0.39 is 12.0 Å². The first-order chi connectivity index (χ1) is 20.9. The average Bonchev–Trinajstić information content (AvgIpc) is 3.01. The fourth-order valence-electron chi connectivity index (χ4n) is 4.25. The summed E-state index contributed by atoms with van der Waals surface area (Å²) in [6, 6.07) is 17.0. The molecule has 2 rings (SSSR count). The van der Waals surface area contributed by atoms with Crippen LogP contribution in [0.2, 0.25) is 0 Å². The van der Waals surface area contributed by atoms with Crippen molar-refractivity contribution >= 4 is 17.8 Å². The maximum Gasteiger partial charge on any atom is 0.305 e. The molecule has 2 atom stereocenters. The fraction of sp³-hybridized carbons (Fsp3) is 0.441. The van der Waals surface area contributed by atoms with Crippen molar-refractivity contribution in [2.75, 3.05) is 33.0 Å². The van der Waals surface area contributed by atoms with Crippen molar-refractivity contribution in [2.45, 2.75) is 57.6 Å². The first kappa shape index (κ1) is 35.2. The van der Waals surface area contributed by atoms with E-state index in [-0.39, 0.29) is 57.2 Å². The number of amides is 2. The summed E-state index contributed by atoms with van der Waals surface area (Å²) in [4.78, 5) is 38.1. The first-order valence-electron chi connectivity index (χ1n) is 14.8. The minimum Gasteiger partial charge on any atom is -0.489 e. The second-order valence-corrected chi connectivity index (χ2v) is 10.2. The number of carbonyl (C=O) groups is 3. The third kappa shape index (κ3) is 15.7. The lowest BCUT2D eigenvalue weighted by atomic mass is 9.98. The maximum absolute atomic E-state index is 13.3. The van der Waals surface area contributed by atoms with Crippen molar-refractivity contribution in [1.82, 2.24) is 10.6 Å². The molecule has 0 heterocycles. The Hall–Kier alpha value is -3.95. The molecule has 0 radical (unpaired) electrons. The average molecular weight is 595 g/mol. The summed E-state index contributed by atoms with van der Waals surface area (Å²) in [7, 11) is 0. The van der Waals surface area contributed by atoms with Gasteiger partial charge in [-0.25, -0.2) is 0 Å². The minimum absolute atomic E-state index is 0.00743.